The Hall–Kier alpha value is -2.47. The van der Waals surface area contributed by atoms with E-state index in [-0.39, 0.29) is 11.8 Å². The highest BCUT2D eigenvalue weighted by atomic mass is 16.1. The van der Waals surface area contributed by atoms with Crippen LogP contribution in [0.2, 0.25) is 0 Å². The summed E-state index contributed by atoms with van der Waals surface area (Å²) in [5.74, 6) is 1.98. The van der Waals surface area contributed by atoms with Crippen LogP contribution >= 0.6 is 0 Å². The molecule has 26 heavy (non-hydrogen) atoms. The van der Waals surface area contributed by atoms with Crippen LogP contribution in [0.5, 0.6) is 0 Å². The number of fused-ring (bicyclic) bond motifs is 1. The summed E-state index contributed by atoms with van der Waals surface area (Å²) in [5.41, 5.74) is 3.35. The topological polar surface area (TPSA) is 70.2 Å². The van der Waals surface area contributed by atoms with Crippen molar-refractivity contribution in [3.05, 3.63) is 41.6 Å². The predicted octanol–water partition coefficient (Wildman–Crippen LogP) is 1.75. The third kappa shape index (κ3) is 3.29. The highest BCUT2D eigenvalue weighted by Gasteiger charge is 2.31. The monoisotopic (exact) mass is 351 g/mol. The third-order valence-electron chi connectivity index (χ3n) is 5.16. The first-order valence-corrected chi connectivity index (χ1v) is 9.45. The summed E-state index contributed by atoms with van der Waals surface area (Å²) in [5, 5.41) is 6.36. The van der Waals surface area contributed by atoms with Crippen molar-refractivity contribution in [3.8, 4) is 11.4 Å². The summed E-state index contributed by atoms with van der Waals surface area (Å²) in [4.78, 5) is 24.2. The first-order chi connectivity index (χ1) is 12.8. The summed E-state index contributed by atoms with van der Waals surface area (Å²) >= 11 is 0. The van der Waals surface area contributed by atoms with E-state index < -0.39 is 0 Å². The van der Waals surface area contributed by atoms with Crippen LogP contribution in [0, 0.1) is 5.92 Å². The van der Waals surface area contributed by atoms with Crippen LogP contribution in [0.4, 0.5) is 5.82 Å². The van der Waals surface area contributed by atoms with Gasteiger partial charge in [0.2, 0.25) is 5.91 Å². The number of nitrogens with zero attached hydrogens (tertiary/aromatic N) is 3. The van der Waals surface area contributed by atoms with Gasteiger partial charge in [0.25, 0.3) is 0 Å². The number of carbonyl (C=O) groups excluding carboxylic acids is 1. The molecule has 6 nitrogen and oxygen atoms in total. The van der Waals surface area contributed by atoms with E-state index in [1.807, 2.05) is 37.3 Å². The van der Waals surface area contributed by atoms with Crippen molar-refractivity contribution in [2.75, 3.05) is 31.1 Å². The molecule has 1 aromatic heterocycles. The molecule has 136 valence electrons. The number of hydrogen-bond donors (Lipinski definition) is 2. The van der Waals surface area contributed by atoms with Crippen molar-refractivity contribution in [2.24, 2.45) is 5.92 Å². The van der Waals surface area contributed by atoms with Gasteiger partial charge in [-0.3, -0.25) is 4.79 Å². The second-order valence-electron chi connectivity index (χ2n) is 6.92. The zero-order chi connectivity index (χ0) is 17.9. The molecule has 1 amide bonds. The maximum Gasteiger partial charge on any atom is 0.224 e. The highest BCUT2D eigenvalue weighted by molar-refractivity contribution is 5.80. The van der Waals surface area contributed by atoms with Gasteiger partial charge in [0, 0.05) is 37.3 Å². The zero-order valence-electron chi connectivity index (χ0n) is 15.2. The lowest BCUT2D eigenvalue weighted by atomic mass is 10.1. The Morgan fingerprint density at radius 3 is 2.96 bits per heavy atom. The number of benzene rings is 1. The molecular weight excluding hydrogens is 326 g/mol. The van der Waals surface area contributed by atoms with Crippen LogP contribution < -0.4 is 15.5 Å². The average molecular weight is 351 g/mol. The quantitative estimate of drug-likeness (QED) is 0.878. The minimum absolute atomic E-state index is 0.0439. The first-order valence-electron chi connectivity index (χ1n) is 9.45. The molecule has 2 aliphatic heterocycles. The van der Waals surface area contributed by atoms with Gasteiger partial charge in [0.05, 0.1) is 11.6 Å². The average Bonchev–Trinajstić information content (AvgIpc) is 3.18. The molecule has 2 aromatic rings. The van der Waals surface area contributed by atoms with Gasteiger partial charge in [-0.2, -0.15) is 0 Å². The number of anilines is 1. The van der Waals surface area contributed by atoms with Crippen molar-refractivity contribution >= 4 is 11.7 Å². The summed E-state index contributed by atoms with van der Waals surface area (Å²) in [6, 6.07) is 10.1. The molecule has 0 aliphatic carbocycles. The van der Waals surface area contributed by atoms with E-state index in [1.54, 1.807) is 0 Å². The molecule has 2 aliphatic rings. The Morgan fingerprint density at radius 1 is 1.31 bits per heavy atom. The van der Waals surface area contributed by atoms with Crippen LogP contribution in [0.1, 0.15) is 24.6 Å². The van der Waals surface area contributed by atoms with Crippen LogP contribution in [0.3, 0.4) is 0 Å². The summed E-state index contributed by atoms with van der Waals surface area (Å²) < 4.78 is 0. The fourth-order valence-corrected chi connectivity index (χ4v) is 3.80. The highest BCUT2D eigenvalue weighted by Crippen LogP contribution is 2.31. The standard InChI is InChI=1S/C20H25N5O/c1-2-22-20(26)15-9-11-25(13-15)19-16-8-10-21-12-17(16)23-18(24-19)14-6-4-3-5-7-14/h3-7,15,21H,2,8-13H2,1H3,(H,22,26). The Bertz CT molecular complexity index is 792. The Labute approximate surface area is 154 Å². The molecule has 0 spiro atoms. The van der Waals surface area contributed by atoms with Gasteiger partial charge >= 0.3 is 0 Å². The maximum absolute atomic E-state index is 12.2. The first kappa shape index (κ1) is 17.0. The molecule has 6 heteroatoms. The third-order valence-corrected chi connectivity index (χ3v) is 5.16. The summed E-state index contributed by atoms with van der Waals surface area (Å²) in [6.07, 6.45) is 1.81. The van der Waals surface area contributed by atoms with E-state index in [0.29, 0.717) is 6.54 Å². The minimum Gasteiger partial charge on any atom is -0.356 e. The van der Waals surface area contributed by atoms with E-state index in [2.05, 4.69) is 15.5 Å². The van der Waals surface area contributed by atoms with Crippen LogP contribution in [-0.2, 0) is 17.8 Å². The number of rotatable bonds is 4. The molecule has 0 radical (unpaired) electrons. The van der Waals surface area contributed by atoms with Gasteiger partial charge in [-0.25, -0.2) is 9.97 Å². The molecule has 1 saturated heterocycles. The molecular formula is C20H25N5O. The molecule has 2 N–H and O–H groups in total. The lowest BCUT2D eigenvalue weighted by Gasteiger charge is -2.26. The molecule has 3 heterocycles. The van der Waals surface area contributed by atoms with Crippen molar-refractivity contribution in [2.45, 2.75) is 26.3 Å². The fraction of sp³-hybridized carbons (Fsp3) is 0.450. The molecule has 1 aromatic carbocycles. The maximum atomic E-state index is 12.2. The second-order valence-corrected chi connectivity index (χ2v) is 6.92. The number of aromatic nitrogens is 2. The van der Waals surface area contributed by atoms with Gasteiger partial charge in [-0.05, 0) is 26.3 Å². The van der Waals surface area contributed by atoms with E-state index in [4.69, 9.17) is 9.97 Å². The number of hydrogen-bond acceptors (Lipinski definition) is 5. The normalized spacial score (nSPS) is 19.3. The minimum atomic E-state index is 0.0439. The largest absolute Gasteiger partial charge is 0.356 e. The van der Waals surface area contributed by atoms with Crippen molar-refractivity contribution in [1.82, 2.24) is 20.6 Å². The van der Waals surface area contributed by atoms with Gasteiger partial charge < -0.3 is 15.5 Å². The van der Waals surface area contributed by atoms with Crippen molar-refractivity contribution in [3.63, 3.8) is 0 Å². The Morgan fingerprint density at radius 2 is 2.15 bits per heavy atom. The Kier molecular flexibility index (Phi) is 4.84. The molecule has 1 unspecified atom stereocenters. The number of amides is 1. The van der Waals surface area contributed by atoms with Gasteiger partial charge in [0.15, 0.2) is 5.82 Å². The summed E-state index contributed by atoms with van der Waals surface area (Å²) in [7, 11) is 0. The fourth-order valence-electron chi connectivity index (χ4n) is 3.80. The van der Waals surface area contributed by atoms with Crippen LogP contribution in [0.15, 0.2) is 30.3 Å². The lowest BCUT2D eigenvalue weighted by Crippen LogP contribution is -2.34. The number of carbonyl (C=O) groups is 1. The van der Waals surface area contributed by atoms with Gasteiger partial charge in [-0.1, -0.05) is 30.3 Å². The van der Waals surface area contributed by atoms with Gasteiger partial charge in [0.1, 0.15) is 5.82 Å². The van der Waals surface area contributed by atoms with E-state index in [1.165, 1.54) is 5.56 Å². The van der Waals surface area contributed by atoms with E-state index >= 15 is 0 Å². The van der Waals surface area contributed by atoms with E-state index in [9.17, 15) is 4.79 Å². The Balaban J connectivity index is 1.68. The molecule has 0 bridgehead atoms. The van der Waals surface area contributed by atoms with Crippen molar-refractivity contribution in [1.29, 1.82) is 0 Å². The molecule has 1 atom stereocenters. The number of nitrogens with one attached hydrogen (secondary N) is 2. The van der Waals surface area contributed by atoms with E-state index in [0.717, 1.165) is 61.9 Å². The SMILES string of the molecule is CCNC(=O)C1CCN(c2nc(-c3ccccc3)nc3c2CCNC3)C1. The summed E-state index contributed by atoms with van der Waals surface area (Å²) in [6.45, 7) is 5.97. The van der Waals surface area contributed by atoms with Crippen molar-refractivity contribution < 1.29 is 4.79 Å². The second kappa shape index (κ2) is 7.41. The molecule has 0 saturated carbocycles. The smallest absolute Gasteiger partial charge is 0.224 e. The zero-order valence-corrected chi connectivity index (χ0v) is 15.2. The lowest BCUT2D eigenvalue weighted by molar-refractivity contribution is -0.124. The van der Waals surface area contributed by atoms with Crippen LogP contribution in [0.25, 0.3) is 11.4 Å². The molecule has 4 rings (SSSR count). The van der Waals surface area contributed by atoms with Gasteiger partial charge in [-0.15, -0.1) is 0 Å². The van der Waals surface area contributed by atoms with Crippen LogP contribution in [-0.4, -0.2) is 42.1 Å². The molecule has 1 fully saturated rings. The predicted molar refractivity (Wildman–Crippen MR) is 102 cm³/mol.